The monoisotopic (exact) mass is 441 g/mol. The van der Waals surface area contributed by atoms with Gasteiger partial charge in [0.25, 0.3) is 5.69 Å². The van der Waals surface area contributed by atoms with E-state index in [4.69, 9.17) is 0 Å². The lowest BCUT2D eigenvalue weighted by Crippen LogP contribution is -2.21. The maximum absolute atomic E-state index is 11.7. The van der Waals surface area contributed by atoms with Crippen molar-refractivity contribution in [3.8, 4) is 16.9 Å². The number of para-hydroxylation sites is 1. The summed E-state index contributed by atoms with van der Waals surface area (Å²) < 4.78 is 1.62. The molecule has 0 unspecified atom stereocenters. The number of hydrogen-bond acceptors (Lipinski definition) is 7. The van der Waals surface area contributed by atoms with Crippen molar-refractivity contribution >= 4 is 22.7 Å². The SMILES string of the molecule is CCN(CC)c1ccc(N=Nc2ccc(-c3cn(-c4ccccc4)nn3)cc2[N+](=O)[O-])cc1. The van der Waals surface area contributed by atoms with Crippen molar-refractivity contribution in [1.29, 1.82) is 0 Å². The first-order valence-electron chi connectivity index (χ1n) is 10.6. The van der Waals surface area contributed by atoms with Crippen molar-refractivity contribution in [1.82, 2.24) is 15.0 Å². The van der Waals surface area contributed by atoms with Crippen LogP contribution in [-0.2, 0) is 0 Å². The van der Waals surface area contributed by atoms with Crippen LogP contribution in [0, 0.1) is 10.1 Å². The molecule has 4 aromatic rings. The van der Waals surface area contributed by atoms with Crippen molar-refractivity contribution in [2.75, 3.05) is 18.0 Å². The van der Waals surface area contributed by atoms with Crippen LogP contribution in [0.15, 0.2) is 89.2 Å². The van der Waals surface area contributed by atoms with E-state index in [0.717, 1.165) is 24.5 Å². The molecule has 0 spiro atoms. The van der Waals surface area contributed by atoms with E-state index >= 15 is 0 Å². The van der Waals surface area contributed by atoms with Gasteiger partial charge in [-0.25, -0.2) is 4.68 Å². The van der Waals surface area contributed by atoms with E-state index in [2.05, 4.69) is 39.3 Å². The topological polar surface area (TPSA) is 102 Å². The van der Waals surface area contributed by atoms with Crippen molar-refractivity contribution in [2.24, 2.45) is 10.2 Å². The first-order valence-corrected chi connectivity index (χ1v) is 10.6. The average molecular weight is 441 g/mol. The van der Waals surface area contributed by atoms with Crippen LogP contribution in [0.2, 0.25) is 0 Å². The van der Waals surface area contributed by atoms with E-state index in [1.807, 2.05) is 54.6 Å². The summed E-state index contributed by atoms with van der Waals surface area (Å²) in [5.41, 5.74) is 3.69. The third-order valence-electron chi connectivity index (χ3n) is 5.23. The highest BCUT2D eigenvalue weighted by Crippen LogP contribution is 2.33. The largest absolute Gasteiger partial charge is 0.372 e. The first-order chi connectivity index (χ1) is 16.1. The molecule has 0 aliphatic carbocycles. The maximum Gasteiger partial charge on any atom is 0.297 e. The number of azo groups is 1. The molecule has 0 saturated carbocycles. The summed E-state index contributed by atoms with van der Waals surface area (Å²) in [6, 6.07) is 21.9. The minimum absolute atomic E-state index is 0.148. The minimum Gasteiger partial charge on any atom is -0.372 e. The van der Waals surface area contributed by atoms with Crippen LogP contribution in [0.3, 0.4) is 0 Å². The Balaban J connectivity index is 1.58. The molecule has 0 saturated heterocycles. The van der Waals surface area contributed by atoms with Crippen LogP contribution < -0.4 is 4.90 Å². The highest BCUT2D eigenvalue weighted by Gasteiger charge is 2.17. The lowest BCUT2D eigenvalue weighted by molar-refractivity contribution is -0.384. The highest BCUT2D eigenvalue weighted by molar-refractivity contribution is 5.69. The van der Waals surface area contributed by atoms with Gasteiger partial charge in [0.15, 0.2) is 5.69 Å². The summed E-state index contributed by atoms with van der Waals surface area (Å²) >= 11 is 0. The molecule has 1 aromatic heterocycles. The van der Waals surface area contributed by atoms with Gasteiger partial charge in [-0.15, -0.1) is 10.2 Å². The summed E-state index contributed by atoms with van der Waals surface area (Å²) in [6.07, 6.45) is 1.73. The number of anilines is 1. The molecule has 0 radical (unpaired) electrons. The van der Waals surface area contributed by atoms with Crippen LogP contribution >= 0.6 is 0 Å². The number of nitro groups is 1. The van der Waals surface area contributed by atoms with Crippen molar-refractivity contribution in [3.63, 3.8) is 0 Å². The van der Waals surface area contributed by atoms with Gasteiger partial charge in [-0.2, -0.15) is 5.11 Å². The Bertz CT molecular complexity index is 1260. The van der Waals surface area contributed by atoms with Gasteiger partial charge in [-0.05, 0) is 62.4 Å². The van der Waals surface area contributed by atoms with E-state index in [0.29, 0.717) is 16.9 Å². The number of rotatable bonds is 8. The molecule has 0 N–H and O–H groups in total. The predicted octanol–water partition coefficient (Wildman–Crippen LogP) is 6.10. The first kappa shape index (κ1) is 21.8. The molecule has 33 heavy (non-hydrogen) atoms. The Kier molecular flexibility index (Phi) is 6.49. The van der Waals surface area contributed by atoms with Crippen LogP contribution in [0.5, 0.6) is 0 Å². The minimum atomic E-state index is -0.469. The summed E-state index contributed by atoms with van der Waals surface area (Å²) in [6.45, 7) is 6.02. The molecular weight excluding hydrogens is 418 g/mol. The lowest BCUT2D eigenvalue weighted by atomic mass is 10.1. The second-order valence-corrected chi connectivity index (χ2v) is 7.23. The summed E-state index contributed by atoms with van der Waals surface area (Å²) in [7, 11) is 0. The van der Waals surface area contributed by atoms with Crippen molar-refractivity contribution in [3.05, 3.63) is 89.1 Å². The van der Waals surface area contributed by atoms with E-state index in [9.17, 15) is 10.1 Å². The molecule has 0 amide bonds. The molecule has 3 aromatic carbocycles. The highest BCUT2D eigenvalue weighted by atomic mass is 16.6. The fourth-order valence-corrected chi connectivity index (χ4v) is 3.45. The number of hydrogen-bond donors (Lipinski definition) is 0. The Morgan fingerprint density at radius 2 is 1.70 bits per heavy atom. The Labute approximate surface area is 191 Å². The fraction of sp³-hybridized carbons (Fsp3) is 0.167. The Morgan fingerprint density at radius 3 is 2.36 bits per heavy atom. The summed E-state index contributed by atoms with van der Waals surface area (Å²) in [5.74, 6) is 0. The predicted molar refractivity (Wildman–Crippen MR) is 128 cm³/mol. The smallest absolute Gasteiger partial charge is 0.297 e. The van der Waals surface area contributed by atoms with E-state index in [1.165, 1.54) is 6.07 Å². The number of aromatic nitrogens is 3. The quantitative estimate of drug-likeness (QED) is 0.187. The zero-order valence-corrected chi connectivity index (χ0v) is 18.4. The molecule has 9 nitrogen and oxygen atoms in total. The third kappa shape index (κ3) is 4.93. The van der Waals surface area contributed by atoms with Gasteiger partial charge in [0.05, 0.1) is 22.5 Å². The van der Waals surface area contributed by atoms with E-state index in [-0.39, 0.29) is 11.4 Å². The standard InChI is InChI=1S/C24H23N7O2/c1-3-29(4-2)20-13-11-19(12-14-20)25-26-22-15-10-18(16-24(22)31(32)33)23-17-30(28-27-23)21-8-6-5-7-9-21/h5-17H,3-4H2,1-2H3. The molecule has 9 heteroatoms. The summed E-state index contributed by atoms with van der Waals surface area (Å²) in [5, 5.41) is 28.3. The van der Waals surface area contributed by atoms with Crippen LogP contribution in [0.25, 0.3) is 16.9 Å². The second kappa shape index (κ2) is 9.82. The zero-order valence-electron chi connectivity index (χ0n) is 18.4. The molecule has 0 atom stereocenters. The number of benzene rings is 3. The fourth-order valence-electron chi connectivity index (χ4n) is 3.45. The van der Waals surface area contributed by atoms with E-state index in [1.54, 1.807) is 23.0 Å². The maximum atomic E-state index is 11.7. The molecule has 4 rings (SSSR count). The molecule has 0 fully saturated rings. The van der Waals surface area contributed by atoms with Crippen LogP contribution in [0.4, 0.5) is 22.7 Å². The molecule has 0 aliphatic heterocycles. The third-order valence-corrected chi connectivity index (χ3v) is 5.23. The van der Waals surface area contributed by atoms with Crippen molar-refractivity contribution < 1.29 is 4.92 Å². The van der Waals surface area contributed by atoms with Gasteiger partial charge in [0.2, 0.25) is 0 Å². The second-order valence-electron chi connectivity index (χ2n) is 7.23. The molecular formula is C24H23N7O2. The molecule has 0 bridgehead atoms. The Morgan fingerprint density at radius 1 is 0.970 bits per heavy atom. The lowest BCUT2D eigenvalue weighted by Gasteiger charge is -2.20. The number of nitrogens with zero attached hydrogens (tertiary/aromatic N) is 7. The van der Waals surface area contributed by atoms with Gasteiger partial charge >= 0.3 is 0 Å². The van der Waals surface area contributed by atoms with Crippen LogP contribution in [0.1, 0.15) is 13.8 Å². The van der Waals surface area contributed by atoms with E-state index < -0.39 is 4.92 Å². The van der Waals surface area contributed by atoms with Crippen LogP contribution in [-0.4, -0.2) is 33.0 Å². The van der Waals surface area contributed by atoms with Gasteiger partial charge in [-0.1, -0.05) is 23.4 Å². The molecule has 0 aliphatic rings. The molecule has 166 valence electrons. The zero-order chi connectivity index (χ0) is 23.2. The van der Waals surface area contributed by atoms with Gasteiger partial charge in [0, 0.05) is 30.4 Å². The van der Waals surface area contributed by atoms with Gasteiger partial charge in [0.1, 0.15) is 5.69 Å². The number of nitro benzene ring substituents is 1. The Hall–Kier alpha value is -4.40. The van der Waals surface area contributed by atoms with Gasteiger partial charge < -0.3 is 4.90 Å². The van der Waals surface area contributed by atoms with Crippen molar-refractivity contribution in [2.45, 2.75) is 13.8 Å². The summed E-state index contributed by atoms with van der Waals surface area (Å²) in [4.78, 5) is 13.4. The normalized spacial score (nSPS) is 11.1. The molecule has 1 heterocycles. The average Bonchev–Trinajstić information content (AvgIpc) is 3.35. The van der Waals surface area contributed by atoms with Gasteiger partial charge in [-0.3, -0.25) is 10.1 Å².